The first kappa shape index (κ1) is 22.5. The van der Waals surface area contributed by atoms with Crippen molar-refractivity contribution in [2.24, 2.45) is 0 Å². The Labute approximate surface area is 175 Å². The van der Waals surface area contributed by atoms with Crippen molar-refractivity contribution >= 4 is 17.7 Å². The number of carbonyl (C=O) groups excluding carboxylic acids is 1. The molecule has 2 rings (SSSR count). The highest BCUT2D eigenvalue weighted by atomic mass is 16.5. The normalized spacial score (nSPS) is 11.3. The molecular weight excluding hydrogens is 360 g/mol. The minimum atomic E-state index is 0.0811. The van der Waals surface area contributed by atoms with E-state index in [0.717, 1.165) is 29.0 Å². The molecule has 0 bridgehead atoms. The number of hydrogen-bond donors (Lipinski definition) is 0. The molecule has 0 saturated carbocycles. The Hall–Kier alpha value is -2.75. The number of anilines is 1. The van der Waals surface area contributed by atoms with Crippen LogP contribution < -0.4 is 9.64 Å². The van der Waals surface area contributed by atoms with Crippen molar-refractivity contribution in [2.45, 2.75) is 46.2 Å². The Balaban J connectivity index is 2.13. The van der Waals surface area contributed by atoms with Crippen LogP contribution >= 0.6 is 0 Å². The Morgan fingerprint density at radius 3 is 2.14 bits per heavy atom. The fraction of sp³-hybridized carbons (Fsp3) is 0.400. The topological polar surface area (TPSA) is 32.8 Å². The van der Waals surface area contributed by atoms with Crippen LogP contribution in [-0.4, -0.2) is 44.1 Å². The minimum absolute atomic E-state index is 0.0811. The van der Waals surface area contributed by atoms with Crippen molar-refractivity contribution in [1.82, 2.24) is 4.90 Å². The molecule has 4 heteroatoms. The fourth-order valence-electron chi connectivity index (χ4n) is 3.68. The molecule has 156 valence electrons. The first-order valence-corrected chi connectivity index (χ1v) is 10.2. The van der Waals surface area contributed by atoms with Crippen molar-refractivity contribution in [3.63, 3.8) is 0 Å². The maximum absolute atomic E-state index is 12.8. The summed E-state index contributed by atoms with van der Waals surface area (Å²) >= 11 is 0. The van der Waals surface area contributed by atoms with Crippen LogP contribution in [-0.2, 0) is 6.42 Å². The zero-order valence-corrected chi connectivity index (χ0v) is 18.8. The summed E-state index contributed by atoms with van der Waals surface area (Å²) in [5.41, 5.74) is 4.12. The van der Waals surface area contributed by atoms with E-state index in [4.69, 9.17) is 4.74 Å². The van der Waals surface area contributed by atoms with Crippen molar-refractivity contribution in [1.29, 1.82) is 0 Å². The molecule has 29 heavy (non-hydrogen) atoms. The smallest absolute Gasteiger partial charge is 0.254 e. The second-order valence-corrected chi connectivity index (χ2v) is 7.99. The number of methoxy groups -OCH3 is 1. The van der Waals surface area contributed by atoms with Crippen molar-refractivity contribution in [2.75, 3.05) is 26.1 Å². The van der Waals surface area contributed by atoms with Gasteiger partial charge in [0, 0.05) is 31.7 Å². The summed E-state index contributed by atoms with van der Waals surface area (Å²) in [5, 5.41) is 0. The molecule has 0 atom stereocenters. The number of amides is 1. The maximum atomic E-state index is 12.8. The number of carbonyl (C=O) groups is 1. The van der Waals surface area contributed by atoms with Gasteiger partial charge in [-0.2, -0.15) is 0 Å². The van der Waals surface area contributed by atoms with Crippen molar-refractivity contribution < 1.29 is 9.53 Å². The highest BCUT2D eigenvalue weighted by Crippen LogP contribution is 2.31. The Kier molecular flexibility index (Phi) is 7.89. The lowest BCUT2D eigenvalue weighted by atomic mass is 10.1. The number of benzene rings is 2. The van der Waals surface area contributed by atoms with Crippen LogP contribution in [0, 0.1) is 0 Å². The van der Waals surface area contributed by atoms with Crippen LogP contribution in [0.25, 0.3) is 6.08 Å². The molecule has 0 radical (unpaired) electrons. The minimum Gasteiger partial charge on any atom is -0.495 e. The van der Waals surface area contributed by atoms with Gasteiger partial charge in [0.25, 0.3) is 5.91 Å². The van der Waals surface area contributed by atoms with Gasteiger partial charge >= 0.3 is 0 Å². The van der Waals surface area contributed by atoms with E-state index in [9.17, 15) is 4.79 Å². The number of nitrogens with zero attached hydrogens (tertiary/aromatic N) is 2. The van der Waals surface area contributed by atoms with Gasteiger partial charge in [-0.05, 0) is 63.4 Å². The van der Waals surface area contributed by atoms with Crippen LogP contribution in [0.3, 0.4) is 0 Å². The van der Waals surface area contributed by atoms with Crippen LogP contribution in [0.1, 0.15) is 49.2 Å². The summed E-state index contributed by atoms with van der Waals surface area (Å²) < 4.78 is 5.50. The Morgan fingerprint density at radius 1 is 1.00 bits per heavy atom. The number of ether oxygens (including phenoxy) is 1. The third-order valence-electron chi connectivity index (χ3n) is 4.90. The van der Waals surface area contributed by atoms with Gasteiger partial charge in [0.15, 0.2) is 0 Å². The number of para-hydroxylation sites is 1. The summed E-state index contributed by atoms with van der Waals surface area (Å²) in [5.74, 6) is 0.959. The largest absolute Gasteiger partial charge is 0.495 e. The van der Waals surface area contributed by atoms with Crippen LogP contribution in [0.5, 0.6) is 5.75 Å². The van der Waals surface area contributed by atoms with Gasteiger partial charge in [-0.3, -0.25) is 4.79 Å². The highest BCUT2D eigenvalue weighted by Gasteiger charge is 2.21. The number of allylic oxidation sites excluding steroid dienone is 1. The first-order valence-electron chi connectivity index (χ1n) is 10.2. The molecule has 0 unspecified atom stereocenters. The summed E-state index contributed by atoms with van der Waals surface area (Å²) in [7, 11) is 5.75. The molecule has 0 aliphatic carbocycles. The van der Waals surface area contributed by atoms with Gasteiger partial charge in [0.1, 0.15) is 5.75 Å². The molecule has 0 saturated heterocycles. The van der Waals surface area contributed by atoms with Gasteiger partial charge in [0.05, 0.1) is 12.8 Å². The third kappa shape index (κ3) is 5.63. The Morgan fingerprint density at radius 2 is 1.62 bits per heavy atom. The molecule has 0 heterocycles. The molecule has 0 N–H and O–H groups in total. The van der Waals surface area contributed by atoms with E-state index in [1.165, 1.54) is 5.56 Å². The van der Waals surface area contributed by atoms with E-state index < -0.39 is 0 Å². The second kappa shape index (κ2) is 10.1. The maximum Gasteiger partial charge on any atom is 0.254 e. The van der Waals surface area contributed by atoms with Crippen LogP contribution in [0.15, 0.2) is 48.5 Å². The van der Waals surface area contributed by atoms with Crippen molar-refractivity contribution in [3.05, 3.63) is 65.2 Å². The van der Waals surface area contributed by atoms with Crippen LogP contribution in [0.4, 0.5) is 5.69 Å². The van der Waals surface area contributed by atoms with Crippen molar-refractivity contribution in [3.8, 4) is 5.75 Å². The number of rotatable bonds is 8. The molecule has 0 spiro atoms. The molecule has 0 aliphatic heterocycles. The van der Waals surface area contributed by atoms with E-state index in [0.29, 0.717) is 0 Å². The van der Waals surface area contributed by atoms with E-state index >= 15 is 0 Å². The SMILES string of the molecule is COc1cccc(C/C=C/c2ccc(C(=O)N(C(C)C)C(C)C)cc2)c1N(C)C. The van der Waals surface area contributed by atoms with Crippen LogP contribution in [0.2, 0.25) is 0 Å². The Bertz CT molecular complexity index is 828. The van der Waals surface area contributed by atoms with E-state index in [1.54, 1.807) is 7.11 Å². The average Bonchev–Trinajstić information content (AvgIpc) is 2.67. The van der Waals surface area contributed by atoms with Gasteiger partial charge in [-0.25, -0.2) is 0 Å². The molecule has 2 aromatic rings. The second-order valence-electron chi connectivity index (χ2n) is 7.99. The monoisotopic (exact) mass is 394 g/mol. The molecule has 0 aromatic heterocycles. The fourth-order valence-corrected chi connectivity index (χ4v) is 3.68. The summed E-state index contributed by atoms with van der Waals surface area (Å²) in [6.07, 6.45) is 5.04. The highest BCUT2D eigenvalue weighted by molar-refractivity contribution is 5.94. The van der Waals surface area contributed by atoms with Gasteiger partial charge < -0.3 is 14.5 Å². The van der Waals surface area contributed by atoms with Gasteiger partial charge in [0.2, 0.25) is 0 Å². The number of hydrogen-bond acceptors (Lipinski definition) is 3. The standard InChI is InChI=1S/C25H34N2O2/c1-18(2)27(19(3)4)25(28)22-16-14-20(15-17-22)10-8-11-21-12-9-13-23(29-7)24(21)26(5)6/h8-10,12-19H,11H2,1-7H3/b10-8+. The van der Waals surface area contributed by atoms with E-state index in [2.05, 4.69) is 50.8 Å². The average molecular weight is 395 g/mol. The molecule has 4 nitrogen and oxygen atoms in total. The summed E-state index contributed by atoms with van der Waals surface area (Å²) in [6.45, 7) is 8.20. The predicted molar refractivity (Wildman–Crippen MR) is 123 cm³/mol. The third-order valence-corrected chi connectivity index (χ3v) is 4.90. The van der Waals surface area contributed by atoms with Gasteiger partial charge in [-0.1, -0.05) is 36.4 Å². The molecule has 1 amide bonds. The quantitative estimate of drug-likeness (QED) is 0.611. The van der Waals surface area contributed by atoms with E-state index in [-0.39, 0.29) is 18.0 Å². The molecule has 0 fully saturated rings. The lowest BCUT2D eigenvalue weighted by Crippen LogP contribution is -2.42. The van der Waals surface area contributed by atoms with Gasteiger partial charge in [-0.15, -0.1) is 0 Å². The summed E-state index contributed by atoms with van der Waals surface area (Å²) in [6, 6.07) is 14.3. The zero-order valence-electron chi connectivity index (χ0n) is 18.8. The van der Waals surface area contributed by atoms with E-state index in [1.807, 2.05) is 55.4 Å². The molecular formula is C25H34N2O2. The lowest BCUT2D eigenvalue weighted by molar-refractivity contribution is 0.0643. The summed E-state index contributed by atoms with van der Waals surface area (Å²) in [4.78, 5) is 16.8. The first-order chi connectivity index (χ1) is 13.8. The molecule has 0 aliphatic rings. The lowest BCUT2D eigenvalue weighted by Gasteiger charge is -2.30. The predicted octanol–water partition coefficient (Wildman–Crippen LogP) is 5.28. The molecule has 2 aromatic carbocycles. The zero-order chi connectivity index (χ0) is 21.6.